The van der Waals surface area contributed by atoms with Crippen molar-refractivity contribution in [2.45, 2.75) is 62.9 Å². The van der Waals surface area contributed by atoms with Crippen LogP contribution < -0.4 is 16.0 Å². The van der Waals surface area contributed by atoms with E-state index in [1.165, 1.54) is 40.5 Å². The Hall–Kier alpha value is -3.49. The summed E-state index contributed by atoms with van der Waals surface area (Å²) in [5.74, 6) is -1.24. The summed E-state index contributed by atoms with van der Waals surface area (Å²) in [5.41, 5.74) is 0.986. The average Bonchev–Trinajstić information content (AvgIpc) is 3.34. The highest BCUT2D eigenvalue weighted by Crippen LogP contribution is 2.38. The molecule has 2 heterocycles. The molecular weight excluding hydrogens is 570 g/mol. The predicted octanol–water partition coefficient (Wildman–Crippen LogP) is 3.54. The Balaban J connectivity index is 1.56. The van der Waals surface area contributed by atoms with Crippen molar-refractivity contribution in [3.05, 3.63) is 45.8 Å². The van der Waals surface area contributed by atoms with E-state index >= 15 is 0 Å². The number of thiophene rings is 1. The molecular formula is C27H35N5O7S2. The number of fused-ring (bicyclic) bond motifs is 1. The number of rotatable bonds is 7. The minimum absolute atomic E-state index is 0.0410. The molecule has 12 nitrogen and oxygen atoms in total. The van der Waals surface area contributed by atoms with Crippen LogP contribution in [0.15, 0.2) is 29.2 Å². The molecule has 0 unspecified atom stereocenters. The third kappa shape index (κ3) is 6.71. The lowest BCUT2D eigenvalue weighted by atomic mass is 9.96. The maximum absolute atomic E-state index is 13.2. The summed E-state index contributed by atoms with van der Waals surface area (Å²) >= 11 is 1.14. The summed E-state index contributed by atoms with van der Waals surface area (Å²) in [5, 5.41) is 7.54. The zero-order chi connectivity index (χ0) is 29.7. The first-order chi connectivity index (χ1) is 19.6. The highest BCUT2D eigenvalue weighted by atomic mass is 32.2. The topological polar surface area (TPSA) is 154 Å². The molecule has 1 aliphatic heterocycles. The first-order valence-electron chi connectivity index (χ1n) is 13.6. The molecule has 1 aromatic heterocycles. The first kappa shape index (κ1) is 30.5. The number of carbonyl (C=O) groups is 4. The van der Waals surface area contributed by atoms with Gasteiger partial charge in [-0.1, -0.05) is 19.3 Å². The molecule has 1 saturated carbocycles. The number of urea groups is 1. The highest BCUT2D eigenvalue weighted by Gasteiger charge is 2.32. The fourth-order valence-electron chi connectivity index (χ4n) is 5.09. The standard InChI is InChI=1S/C27H35N5O7S2/c1-4-39-27(36)32-15-14-20-21(16-32)40-25(22(20)24(34)30-26(35)28-2)29-23(33)17-10-12-19(13-11-17)41(37,38)31(3)18-8-6-5-7-9-18/h10-13,18H,4-9,14-16H2,1-3H3,(H,29,33)(H2,28,30,34,35). The van der Waals surface area contributed by atoms with Crippen LogP contribution in [-0.2, 0) is 27.7 Å². The van der Waals surface area contributed by atoms with Gasteiger partial charge in [0.25, 0.3) is 11.8 Å². The largest absolute Gasteiger partial charge is 0.450 e. The van der Waals surface area contributed by atoms with Gasteiger partial charge in [-0.25, -0.2) is 18.0 Å². The summed E-state index contributed by atoms with van der Waals surface area (Å²) in [6, 6.07) is 4.92. The van der Waals surface area contributed by atoms with E-state index in [1.54, 1.807) is 14.0 Å². The van der Waals surface area contributed by atoms with Gasteiger partial charge < -0.3 is 20.3 Å². The Morgan fingerprint density at radius 1 is 1.07 bits per heavy atom. The molecule has 0 spiro atoms. The molecule has 5 amide bonds. The number of anilines is 1. The van der Waals surface area contributed by atoms with Gasteiger partial charge >= 0.3 is 12.1 Å². The van der Waals surface area contributed by atoms with E-state index in [0.29, 0.717) is 23.4 Å². The van der Waals surface area contributed by atoms with Gasteiger partial charge in [0.05, 0.1) is 23.6 Å². The molecule has 0 bridgehead atoms. The summed E-state index contributed by atoms with van der Waals surface area (Å²) < 4.78 is 32.9. The van der Waals surface area contributed by atoms with Gasteiger partial charge in [-0.2, -0.15) is 4.31 Å². The SMILES string of the molecule is CCOC(=O)N1CCc2c(sc(NC(=O)c3ccc(S(=O)(=O)N(C)C4CCCCC4)cc3)c2C(=O)NC(=O)NC)C1. The normalized spacial score (nSPS) is 15.7. The van der Waals surface area contributed by atoms with Crippen LogP contribution in [0.4, 0.5) is 14.6 Å². The van der Waals surface area contributed by atoms with Crippen LogP contribution >= 0.6 is 11.3 Å². The molecule has 0 radical (unpaired) electrons. The third-order valence-corrected chi connectivity index (χ3v) is 10.4. The zero-order valence-corrected chi connectivity index (χ0v) is 25.0. The molecule has 3 N–H and O–H groups in total. The first-order valence-corrected chi connectivity index (χ1v) is 15.8. The van der Waals surface area contributed by atoms with Crippen LogP contribution in [0.1, 0.15) is 70.2 Å². The lowest BCUT2D eigenvalue weighted by Gasteiger charge is -2.30. The van der Waals surface area contributed by atoms with Gasteiger partial charge in [0.1, 0.15) is 5.00 Å². The van der Waals surface area contributed by atoms with Gasteiger partial charge in [0.15, 0.2) is 0 Å². The quantitative estimate of drug-likeness (QED) is 0.436. The molecule has 1 aromatic carbocycles. The zero-order valence-electron chi connectivity index (χ0n) is 23.3. The number of ether oxygens (including phenoxy) is 1. The van der Waals surface area contributed by atoms with Crippen molar-refractivity contribution in [2.24, 2.45) is 0 Å². The molecule has 14 heteroatoms. The van der Waals surface area contributed by atoms with Gasteiger partial charge in [0.2, 0.25) is 10.0 Å². The van der Waals surface area contributed by atoms with Crippen LogP contribution in [0.5, 0.6) is 0 Å². The summed E-state index contributed by atoms with van der Waals surface area (Å²) in [6.45, 7) is 2.44. The fourth-order valence-corrected chi connectivity index (χ4v) is 7.76. The van der Waals surface area contributed by atoms with E-state index in [1.807, 2.05) is 0 Å². The van der Waals surface area contributed by atoms with E-state index in [4.69, 9.17) is 4.74 Å². The maximum atomic E-state index is 13.2. The predicted molar refractivity (Wildman–Crippen MR) is 154 cm³/mol. The van der Waals surface area contributed by atoms with Crippen LogP contribution in [0.2, 0.25) is 0 Å². The number of nitrogens with one attached hydrogen (secondary N) is 3. The third-order valence-electron chi connectivity index (χ3n) is 7.37. The second-order valence-corrected chi connectivity index (χ2v) is 13.0. The lowest BCUT2D eigenvalue weighted by molar-refractivity contribution is 0.0963. The van der Waals surface area contributed by atoms with Crippen molar-refractivity contribution in [1.82, 2.24) is 19.8 Å². The number of amides is 5. The molecule has 41 heavy (non-hydrogen) atoms. The maximum Gasteiger partial charge on any atom is 0.410 e. The molecule has 0 atom stereocenters. The number of imide groups is 1. The molecule has 222 valence electrons. The van der Waals surface area contributed by atoms with Crippen molar-refractivity contribution < 1.29 is 32.3 Å². The smallest absolute Gasteiger partial charge is 0.410 e. The Morgan fingerprint density at radius 3 is 2.39 bits per heavy atom. The molecule has 2 aliphatic rings. The molecule has 2 aromatic rings. The Kier molecular flexibility index (Phi) is 9.66. The number of nitrogens with zero attached hydrogens (tertiary/aromatic N) is 2. The number of hydrogen-bond donors (Lipinski definition) is 3. The van der Waals surface area contributed by atoms with Crippen LogP contribution in [0.25, 0.3) is 0 Å². The van der Waals surface area contributed by atoms with E-state index in [2.05, 4.69) is 16.0 Å². The number of benzene rings is 1. The van der Waals surface area contributed by atoms with E-state index in [0.717, 1.165) is 43.4 Å². The van der Waals surface area contributed by atoms with Crippen molar-refractivity contribution >= 4 is 50.3 Å². The van der Waals surface area contributed by atoms with Crippen LogP contribution in [0, 0.1) is 0 Å². The van der Waals surface area contributed by atoms with Gasteiger partial charge in [-0.3, -0.25) is 14.9 Å². The Bertz CT molecular complexity index is 1420. The van der Waals surface area contributed by atoms with Gasteiger partial charge in [-0.15, -0.1) is 11.3 Å². The van der Waals surface area contributed by atoms with Crippen LogP contribution in [0.3, 0.4) is 0 Å². The van der Waals surface area contributed by atoms with E-state index in [9.17, 15) is 27.6 Å². The summed E-state index contributed by atoms with van der Waals surface area (Å²) in [4.78, 5) is 52.7. The number of carbonyl (C=O) groups excluding carboxylic acids is 4. The second-order valence-electron chi connectivity index (χ2n) is 9.90. The summed E-state index contributed by atoms with van der Waals surface area (Å²) in [6.07, 6.45) is 4.62. The highest BCUT2D eigenvalue weighted by molar-refractivity contribution is 7.89. The Labute approximate surface area is 243 Å². The molecule has 1 fully saturated rings. The minimum atomic E-state index is -3.72. The van der Waals surface area contributed by atoms with Gasteiger partial charge in [-0.05, 0) is 56.0 Å². The van der Waals surface area contributed by atoms with Gasteiger partial charge in [0, 0.05) is 37.1 Å². The molecule has 4 rings (SSSR count). The van der Waals surface area contributed by atoms with E-state index in [-0.39, 0.29) is 40.2 Å². The Morgan fingerprint density at radius 2 is 1.76 bits per heavy atom. The molecule has 0 saturated heterocycles. The van der Waals surface area contributed by atoms with Crippen molar-refractivity contribution in [3.8, 4) is 0 Å². The fraction of sp³-hybridized carbons (Fsp3) is 0.481. The van der Waals surface area contributed by atoms with Crippen molar-refractivity contribution in [1.29, 1.82) is 0 Å². The number of hydrogen-bond acceptors (Lipinski definition) is 8. The molecule has 1 aliphatic carbocycles. The number of sulfonamides is 1. The van der Waals surface area contributed by atoms with Crippen molar-refractivity contribution in [3.63, 3.8) is 0 Å². The monoisotopic (exact) mass is 605 g/mol. The minimum Gasteiger partial charge on any atom is -0.450 e. The average molecular weight is 606 g/mol. The van der Waals surface area contributed by atoms with E-state index < -0.39 is 34.0 Å². The lowest BCUT2D eigenvalue weighted by Crippen LogP contribution is -2.39. The van der Waals surface area contributed by atoms with Crippen LogP contribution in [-0.4, -0.2) is 74.9 Å². The van der Waals surface area contributed by atoms with Crippen molar-refractivity contribution in [2.75, 3.05) is 32.6 Å². The summed E-state index contributed by atoms with van der Waals surface area (Å²) in [7, 11) is -0.747. The second kappa shape index (κ2) is 13.0.